The minimum absolute atomic E-state index is 0.0291. The molecule has 3 N–H and O–H groups in total. The summed E-state index contributed by atoms with van der Waals surface area (Å²) in [6, 6.07) is 6.31. The Balaban J connectivity index is 1.17. The van der Waals surface area contributed by atoms with E-state index in [1.165, 1.54) is 12.1 Å². The van der Waals surface area contributed by atoms with Gasteiger partial charge < -0.3 is 20.5 Å². The van der Waals surface area contributed by atoms with E-state index in [-0.39, 0.29) is 41.5 Å². The second-order valence-electron chi connectivity index (χ2n) is 11.2. The van der Waals surface area contributed by atoms with E-state index in [4.69, 9.17) is 9.84 Å². The van der Waals surface area contributed by atoms with Crippen molar-refractivity contribution in [2.45, 2.75) is 69.3 Å². The van der Waals surface area contributed by atoms with Crippen LogP contribution >= 0.6 is 0 Å². The third-order valence-electron chi connectivity index (χ3n) is 8.51. The fraction of sp³-hybridized carbons (Fsp3) is 0.517. The predicted octanol–water partition coefficient (Wildman–Crippen LogP) is 6.15. The summed E-state index contributed by atoms with van der Waals surface area (Å²) >= 11 is 0. The molecule has 1 unspecified atom stereocenters. The van der Waals surface area contributed by atoms with Gasteiger partial charge in [0, 0.05) is 18.3 Å². The Labute approximate surface area is 228 Å². The number of carbonyl (C=O) groups is 2. The van der Waals surface area contributed by atoms with Gasteiger partial charge in [-0.25, -0.2) is 13.6 Å². The van der Waals surface area contributed by atoms with Crippen molar-refractivity contribution < 1.29 is 41.4 Å². The standard InChI is InChI=1S/C29H31F5N2O4/c30-21-10-16(9-20(12-21)29(32,33)34)14-35-27(39)28(19-2-3-19)8-7-18(15-40-28)17-1-4-22(11-17)36-23-5-6-25(31)24(13-23)26(37)38/h5-6,9-10,12-13,17-19,22,36H,1-4,7-8,11,14-15H2,(H,35,39)(H,37,38)/t17?,18-,22-,28+/m1/s1. The van der Waals surface area contributed by atoms with Gasteiger partial charge in [0.25, 0.3) is 5.91 Å². The number of halogens is 5. The first kappa shape index (κ1) is 28.3. The summed E-state index contributed by atoms with van der Waals surface area (Å²) in [5.74, 6) is -2.88. The molecule has 11 heteroatoms. The third kappa shape index (κ3) is 6.09. The molecule has 4 atom stereocenters. The molecule has 0 spiro atoms. The molecule has 2 aromatic rings. The van der Waals surface area contributed by atoms with Gasteiger partial charge in [-0.05, 0) is 105 Å². The highest BCUT2D eigenvalue weighted by molar-refractivity contribution is 5.89. The Morgan fingerprint density at radius 2 is 1.77 bits per heavy atom. The average Bonchev–Trinajstić information content (AvgIpc) is 3.67. The molecule has 2 saturated carbocycles. The number of carbonyl (C=O) groups excluding carboxylic acids is 1. The van der Waals surface area contributed by atoms with Gasteiger partial charge in [0.15, 0.2) is 0 Å². The molecule has 1 heterocycles. The second kappa shape index (κ2) is 11.0. The minimum atomic E-state index is -4.69. The largest absolute Gasteiger partial charge is 0.478 e. The third-order valence-corrected chi connectivity index (χ3v) is 8.51. The maximum Gasteiger partial charge on any atom is 0.416 e. The number of anilines is 1. The Kier molecular flexibility index (Phi) is 7.78. The van der Waals surface area contributed by atoms with E-state index in [1.54, 1.807) is 0 Å². The zero-order chi connectivity index (χ0) is 28.7. The monoisotopic (exact) mass is 566 g/mol. The van der Waals surface area contributed by atoms with Crippen molar-refractivity contribution in [2.75, 3.05) is 11.9 Å². The van der Waals surface area contributed by atoms with Crippen LogP contribution in [-0.4, -0.2) is 35.2 Å². The summed E-state index contributed by atoms with van der Waals surface area (Å²) in [6.45, 7) is 0.156. The highest BCUT2D eigenvalue weighted by Gasteiger charge is 2.54. The van der Waals surface area contributed by atoms with E-state index in [1.807, 2.05) is 0 Å². The molecule has 0 radical (unpaired) electrons. The van der Waals surface area contributed by atoms with Crippen LogP contribution in [-0.2, 0) is 22.3 Å². The predicted molar refractivity (Wildman–Crippen MR) is 135 cm³/mol. The number of benzene rings is 2. The summed E-state index contributed by atoms with van der Waals surface area (Å²) < 4.78 is 73.0. The van der Waals surface area contributed by atoms with Gasteiger partial charge in [-0.3, -0.25) is 4.79 Å². The fourth-order valence-corrected chi connectivity index (χ4v) is 6.26. The second-order valence-corrected chi connectivity index (χ2v) is 11.2. The van der Waals surface area contributed by atoms with Crippen LogP contribution in [0.4, 0.5) is 27.6 Å². The van der Waals surface area contributed by atoms with Crippen molar-refractivity contribution in [3.8, 4) is 0 Å². The van der Waals surface area contributed by atoms with E-state index < -0.39 is 34.9 Å². The molecule has 1 amide bonds. The lowest BCUT2D eigenvalue weighted by atomic mass is 9.79. The number of hydrogen-bond donors (Lipinski definition) is 3. The molecule has 2 aliphatic carbocycles. The number of amides is 1. The van der Waals surface area contributed by atoms with E-state index in [0.29, 0.717) is 30.7 Å². The quantitative estimate of drug-likeness (QED) is 0.334. The molecule has 3 fully saturated rings. The molecule has 1 saturated heterocycles. The molecule has 2 aromatic carbocycles. The molecule has 1 aliphatic heterocycles. The lowest BCUT2D eigenvalue weighted by Crippen LogP contribution is -2.54. The normalized spacial score (nSPS) is 26.9. The number of ether oxygens (including phenoxy) is 1. The zero-order valence-electron chi connectivity index (χ0n) is 21.7. The van der Waals surface area contributed by atoms with E-state index in [2.05, 4.69) is 10.6 Å². The smallest absolute Gasteiger partial charge is 0.416 e. The van der Waals surface area contributed by atoms with Crippen LogP contribution < -0.4 is 10.6 Å². The topological polar surface area (TPSA) is 87.7 Å². The summed E-state index contributed by atoms with van der Waals surface area (Å²) in [6.07, 6.45) is 0.873. The van der Waals surface area contributed by atoms with Crippen molar-refractivity contribution in [3.05, 3.63) is 64.7 Å². The van der Waals surface area contributed by atoms with E-state index in [9.17, 15) is 31.5 Å². The van der Waals surface area contributed by atoms with Crippen molar-refractivity contribution >= 4 is 17.6 Å². The molecule has 6 nitrogen and oxygen atoms in total. The highest BCUT2D eigenvalue weighted by atomic mass is 19.4. The summed E-state index contributed by atoms with van der Waals surface area (Å²) in [5, 5.41) is 15.2. The number of alkyl halides is 3. The molecular weight excluding hydrogens is 535 g/mol. The summed E-state index contributed by atoms with van der Waals surface area (Å²) in [7, 11) is 0. The van der Waals surface area contributed by atoms with Crippen molar-refractivity contribution in [1.82, 2.24) is 5.32 Å². The molecule has 40 heavy (non-hydrogen) atoms. The van der Waals surface area contributed by atoms with Crippen LogP contribution in [0.3, 0.4) is 0 Å². The van der Waals surface area contributed by atoms with Gasteiger partial charge in [-0.1, -0.05) is 0 Å². The first-order chi connectivity index (χ1) is 18.9. The highest BCUT2D eigenvalue weighted by Crippen LogP contribution is 2.49. The number of rotatable bonds is 8. The first-order valence-corrected chi connectivity index (χ1v) is 13.5. The van der Waals surface area contributed by atoms with Gasteiger partial charge in [-0.2, -0.15) is 13.2 Å². The molecular formula is C29H31F5N2O4. The van der Waals surface area contributed by atoms with Crippen molar-refractivity contribution in [3.63, 3.8) is 0 Å². The summed E-state index contributed by atoms with van der Waals surface area (Å²) in [5.41, 5.74) is -1.94. The van der Waals surface area contributed by atoms with Crippen LogP contribution in [0.25, 0.3) is 0 Å². The Morgan fingerprint density at radius 1 is 1.00 bits per heavy atom. The molecule has 5 rings (SSSR count). The zero-order valence-corrected chi connectivity index (χ0v) is 21.7. The van der Waals surface area contributed by atoms with Gasteiger partial charge in [0.05, 0.1) is 17.7 Å². The number of carboxylic acids is 1. The van der Waals surface area contributed by atoms with Crippen molar-refractivity contribution in [2.24, 2.45) is 17.8 Å². The Bertz CT molecular complexity index is 1270. The lowest BCUT2D eigenvalue weighted by molar-refractivity contribution is -0.165. The number of aromatic carboxylic acids is 1. The van der Waals surface area contributed by atoms with Gasteiger partial charge in [0.2, 0.25) is 0 Å². The SMILES string of the molecule is O=C(O)c1cc(N[C@@H]2CCC([C@@H]3CC[C@@](C(=O)NCc4cc(F)cc(C(F)(F)F)c4)(C4CC4)OC3)C2)ccc1F. The maximum atomic E-state index is 13.8. The number of carboxylic acid groups (broad SMARTS) is 1. The van der Waals surface area contributed by atoms with Crippen LogP contribution in [0.5, 0.6) is 0 Å². The summed E-state index contributed by atoms with van der Waals surface area (Å²) in [4.78, 5) is 24.5. The van der Waals surface area contributed by atoms with Gasteiger partial charge >= 0.3 is 12.1 Å². The van der Waals surface area contributed by atoms with E-state index in [0.717, 1.165) is 56.7 Å². The average molecular weight is 567 g/mol. The van der Waals surface area contributed by atoms with E-state index >= 15 is 0 Å². The molecule has 216 valence electrons. The minimum Gasteiger partial charge on any atom is -0.478 e. The number of nitrogens with one attached hydrogen (secondary N) is 2. The Morgan fingerprint density at radius 3 is 2.42 bits per heavy atom. The molecule has 0 bridgehead atoms. The van der Waals surface area contributed by atoms with Gasteiger partial charge in [-0.15, -0.1) is 0 Å². The fourth-order valence-electron chi connectivity index (χ4n) is 6.26. The van der Waals surface area contributed by atoms with Crippen LogP contribution in [0.15, 0.2) is 36.4 Å². The van der Waals surface area contributed by atoms with Crippen LogP contribution in [0, 0.1) is 29.4 Å². The Hall–Kier alpha value is -3.21. The lowest BCUT2D eigenvalue weighted by Gasteiger charge is -2.41. The number of hydrogen-bond acceptors (Lipinski definition) is 4. The molecule has 3 aliphatic rings. The van der Waals surface area contributed by atoms with Gasteiger partial charge in [0.1, 0.15) is 17.2 Å². The maximum absolute atomic E-state index is 13.8. The first-order valence-electron chi connectivity index (χ1n) is 13.5. The van der Waals surface area contributed by atoms with Crippen LogP contribution in [0.2, 0.25) is 0 Å². The molecule has 0 aromatic heterocycles. The van der Waals surface area contributed by atoms with Crippen LogP contribution in [0.1, 0.15) is 66.4 Å². The van der Waals surface area contributed by atoms with Crippen molar-refractivity contribution in [1.29, 1.82) is 0 Å².